The molecular formula is C9H11CoN5O2. The average molecular weight is 280 g/mol. The van der Waals surface area contributed by atoms with Crippen LogP contribution < -0.4 is 5.73 Å². The SMILES string of the molecule is Nc1ncnc2c1ncn2[C@H]1C[C@H](O)CO1.[Co]. The Labute approximate surface area is 107 Å². The zero-order valence-electron chi connectivity index (χ0n) is 8.78. The summed E-state index contributed by atoms with van der Waals surface area (Å²) in [7, 11) is 0. The Morgan fingerprint density at radius 2 is 2.24 bits per heavy atom. The van der Waals surface area contributed by atoms with Crippen LogP contribution >= 0.6 is 0 Å². The van der Waals surface area contributed by atoms with Crippen molar-refractivity contribution >= 4 is 17.0 Å². The number of nitrogens with zero attached hydrogens (tertiary/aromatic N) is 4. The van der Waals surface area contributed by atoms with Gasteiger partial charge in [-0.05, 0) is 0 Å². The molecule has 1 fully saturated rings. The summed E-state index contributed by atoms with van der Waals surface area (Å²) in [5, 5.41) is 9.41. The Morgan fingerprint density at radius 3 is 2.94 bits per heavy atom. The molecule has 1 aliphatic heterocycles. The number of imidazole rings is 1. The number of aliphatic hydroxyl groups is 1. The second kappa shape index (κ2) is 4.57. The van der Waals surface area contributed by atoms with E-state index in [1.807, 2.05) is 0 Å². The molecule has 0 aliphatic carbocycles. The van der Waals surface area contributed by atoms with E-state index in [1.165, 1.54) is 6.33 Å². The van der Waals surface area contributed by atoms with Crippen LogP contribution in [0.1, 0.15) is 12.6 Å². The molecule has 8 heteroatoms. The summed E-state index contributed by atoms with van der Waals surface area (Å²) in [4.78, 5) is 12.1. The fraction of sp³-hybridized carbons (Fsp3) is 0.444. The van der Waals surface area contributed by atoms with E-state index in [-0.39, 0.29) is 23.0 Å². The number of hydrogen-bond donors (Lipinski definition) is 2. The molecule has 0 bridgehead atoms. The van der Waals surface area contributed by atoms with Crippen LogP contribution in [0.4, 0.5) is 5.82 Å². The molecule has 0 unspecified atom stereocenters. The van der Waals surface area contributed by atoms with Gasteiger partial charge in [0.2, 0.25) is 0 Å². The summed E-state index contributed by atoms with van der Waals surface area (Å²) >= 11 is 0. The van der Waals surface area contributed by atoms with Crippen LogP contribution in [0.2, 0.25) is 0 Å². The maximum absolute atomic E-state index is 9.41. The van der Waals surface area contributed by atoms with E-state index in [2.05, 4.69) is 15.0 Å². The number of aliphatic hydroxyl groups excluding tert-OH is 1. The molecule has 1 radical (unpaired) electrons. The maximum Gasteiger partial charge on any atom is 0.167 e. The molecule has 93 valence electrons. The molecule has 0 amide bonds. The number of aromatic nitrogens is 4. The standard InChI is InChI=1S/C9H11N5O2.Co/c10-8-7-9(12-3-11-8)14(4-13-7)6-1-5(15)2-16-6;/h3-6,15H,1-2H2,(H2,10,11,12);/t5-,6+;/m0./s1. The smallest absolute Gasteiger partial charge is 0.167 e. The molecule has 7 nitrogen and oxygen atoms in total. The van der Waals surface area contributed by atoms with Crippen LogP contribution in [-0.2, 0) is 21.5 Å². The molecule has 1 saturated heterocycles. The Morgan fingerprint density at radius 1 is 1.41 bits per heavy atom. The van der Waals surface area contributed by atoms with Crippen molar-refractivity contribution in [3.63, 3.8) is 0 Å². The van der Waals surface area contributed by atoms with Crippen LogP contribution in [0, 0.1) is 0 Å². The number of ether oxygens (including phenoxy) is 1. The van der Waals surface area contributed by atoms with Crippen molar-refractivity contribution in [2.45, 2.75) is 18.8 Å². The van der Waals surface area contributed by atoms with Gasteiger partial charge in [0.1, 0.15) is 18.1 Å². The third-order valence-electron chi connectivity index (χ3n) is 2.65. The molecule has 2 atom stereocenters. The zero-order chi connectivity index (χ0) is 11.1. The summed E-state index contributed by atoms with van der Waals surface area (Å²) < 4.78 is 7.20. The average Bonchev–Trinajstić information content (AvgIpc) is 2.84. The van der Waals surface area contributed by atoms with Gasteiger partial charge in [0, 0.05) is 23.2 Å². The first kappa shape index (κ1) is 12.2. The van der Waals surface area contributed by atoms with Crippen LogP contribution in [0.25, 0.3) is 11.2 Å². The van der Waals surface area contributed by atoms with Crippen molar-refractivity contribution in [1.82, 2.24) is 19.5 Å². The molecule has 3 rings (SSSR count). The first-order chi connectivity index (χ1) is 7.75. The van der Waals surface area contributed by atoms with E-state index in [1.54, 1.807) is 10.9 Å². The van der Waals surface area contributed by atoms with Gasteiger partial charge in [0.15, 0.2) is 11.5 Å². The minimum Gasteiger partial charge on any atom is -0.391 e. The van der Waals surface area contributed by atoms with Gasteiger partial charge in [0.05, 0.1) is 19.0 Å². The fourth-order valence-electron chi connectivity index (χ4n) is 1.87. The number of nitrogens with two attached hydrogens (primary N) is 1. The van der Waals surface area contributed by atoms with Crippen LogP contribution in [0.3, 0.4) is 0 Å². The minimum atomic E-state index is -0.429. The molecule has 0 spiro atoms. The predicted molar refractivity (Wildman–Crippen MR) is 55.3 cm³/mol. The number of anilines is 1. The van der Waals surface area contributed by atoms with Gasteiger partial charge in [-0.3, -0.25) is 4.57 Å². The summed E-state index contributed by atoms with van der Waals surface area (Å²) in [5.41, 5.74) is 6.87. The third kappa shape index (κ3) is 1.99. The maximum atomic E-state index is 9.41. The van der Waals surface area contributed by atoms with E-state index < -0.39 is 6.10 Å². The molecule has 17 heavy (non-hydrogen) atoms. The normalized spacial score (nSPS) is 23.8. The van der Waals surface area contributed by atoms with Gasteiger partial charge >= 0.3 is 0 Å². The monoisotopic (exact) mass is 280 g/mol. The fourth-order valence-corrected chi connectivity index (χ4v) is 1.87. The van der Waals surface area contributed by atoms with E-state index >= 15 is 0 Å². The molecule has 0 saturated carbocycles. The summed E-state index contributed by atoms with van der Waals surface area (Å²) in [5.74, 6) is 0.349. The van der Waals surface area contributed by atoms with Gasteiger partial charge in [-0.25, -0.2) is 15.0 Å². The van der Waals surface area contributed by atoms with Crippen molar-refractivity contribution < 1.29 is 26.6 Å². The molecule has 2 aromatic heterocycles. The predicted octanol–water partition coefficient (Wildman–Crippen LogP) is -0.314. The van der Waals surface area contributed by atoms with Crippen molar-refractivity contribution in [2.24, 2.45) is 0 Å². The van der Waals surface area contributed by atoms with Crippen molar-refractivity contribution in [3.8, 4) is 0 Å². The van der Waals surface area contributed by atoms with Crippen LogP contribution in [0.5, 0.6) is 0 Å². The number of hydrogen-bond acceptors (Lipinski definition) is 6. The van der Waals surface area contributed by atoms with E-state index in [9.17, 15) is 5.11 Å². The second-order valence-corrected chi connectivity index (χ2v) is 3.76. The zero-order valence-corrected chi connectivity index (χ0v) is 9.82. The molecule has 3 heterocycles. The Kier molecular flexibility index (Phi) is 3.29. The summed E-state index contributed by atoms with van der Waals surface area (Å²) in [6.07, 6.45) is 2.88. The Balaban J connectivity index is 0.00000108. The number of nitrogen functional groups attached to an aromatic ring is 1. The first-order valence-electron chi connectivity index (χ1n) is 4.98. The second-order valence-electron chi connectivity index (χ2n) is 3.76. The minimum absolute atomic E-state index is 0. The quantitative estimate of drug-likeness (QED) is 0.743. The van der Waals surface area contributed by atoms with Gasteiger partial charge in [0.25, 0.3) is 0 Å². The van der Waals surface area contributed by atoms with E-state index in [0.717, 1.165) is 0 Å². The molecular weight excluding hydrogens is 269 g/mol. The van der Waals surface area contributed by atoms with Crippen molar-refractivity contribution in [2.75, 3.05) is 12.3 Å². The summed E-state index contributed by atoms with van der Waals surface area (Å²) in [6, 6.07) is 0. The Bertz CT molecular complexity index is 531. The van der Waals surface area contributed by atoms with Gasteiger partial charge < -0.3 is 15.6 Å². The van der Waals surface area contributed by atoms with E-state index in [4.69, 9.17) is 10.5 Å². The largest absolute Gasteiger partial charge is 0.391 e. The van der Waals surface area contributed by atoms with Gasteiger partial charge in [-0.2, -0.15) is 0 Å². The van der Waals surface area contributed by atoms with Crippen molar-refractivity contribution in [1.29, 1.82) is 0 Å². The Hall–Kier alpha value is -1.22. The summed E-state index contributed by atoms with van der Waals surface area (Å²) in [6.45, 7) is 0.338. The third-order valence-corrected chi connectivity index (χ3v) is 2.65. The van der Waals surface area contributed by atoms with Crippen molar-refractivity contribution in [3.05, 3.63) is 12.7 Å². The van der Waals surface area contributed by atoms with Gasteiger partial charge in [-0.15, -0.1) is 0 Å². The van der Waals surface area contributed by atoms with Gasteiger partial charge in [-0.1, -0.05) is 0 Å². The molecule has 0 aromatic carbocycles. The molecule has 3 N–H and O–H groups in total. The number of fused-ring (bicyclic) bond motifs is 1. The van der Waals surface area contributed by atoms with Crippen LogP contribution in [0.15, 0.2) is 12.7 Å². The number of rotatable bonds is 1. The molecule has 1 aliphatic rings. The molecule has 2 aromatic rings. The first-order valence-corrected chi connectivity index (χ1v) is 4.98. The van der Waals surface area contributed by atoms with E-state index in [0.29, 0.717) is 30.0 Å². The van der Waals surface area contributed by atoms with Crippen LogP contribution in [-0.4, -0.2) is 37.3 Å². The topological polar surface area (TPSA) is 99.1 Å².